The molecule has 4 nitrogen and oxygen atoms in total. The van der Waals surface area contributed by atoms with Crippen LogP contribution in [0.5, 0.6) is 0 Å². The molecule has 0 unspecified atom stereocenters. The molecular formula is C18H15Br2ClN2O2. The average Bonchev–Trinajstić information content (AvgIpc) is 2.95. The third-order valence-corrected chi connectivity index (χ3v) is 5.89. The highest BCUT2D eigenvalue weighted by molar-refractivity contribution is 9.10. The van der Waals surface area contributed by atoms with Gasteiger partial charge in [0.25, 0.3) is 0 Å². The fraction of sp³-hybridized carbons (Fsp3) is 0.222. The predicted octanol–water partition coefficient (Wildman–Crippen LogP) is 5.17. The van der Waals surface area contributed by atoms with Gasteiger partial charge in [-0.05, 0) is 64.8 Å². The molecule has 2 aromatic carbocycles. The molecule has 1 N–H and O–H groups in total. The Balaban J connectivity index is 1.73. The van der Waals surface area contributed by atoms with Crippen LogP contribution in [0.4, 0.5) is 11.4 Å². The van der Waals surface area contributed by atoms with Crippen molar-refractivity contribution in [1.29, 1.82) is 0 Å². The van der Waals surface area contributed by atoms with Crippen LogP contribution in [0.15, 0.2) is 45.3 Å². The maximum atomic E-state index is 12.6. The van der Waals surface area contributed by atoms with Crippen LogP contribution >= 0.6 is 43.5 Å². The molecule has 1 heterocycles. The van der Waals surface area contributed by atoms with E-state index >= 15 is 0 Å². The summed E-state index contributed by atoms with van der Waals surface area (Å²) in [5.74, 6) is -0.611. The Labute approximate surface area is 167 Å². The van der Waals surface area contributed by atoms with Crippen molar-refractivity contribution in [2.75, 3.05) is 16.8 Å². The molecule has 2 amide bonds. The van der Waals surface area contributed by atoms with E-state index in [0.717, 1.165) is 20.2 Å². The standard InChI is InChI=1S/C18H15Br2ClN2O2/c1-10-6-14(20)15(21)8-16(10)22-18(25)11-7-17(24)23(9-11)13-4-2-12(19)3-5-13/h2-6,8,11H,7,9H2,1H3,(H,22,25)/t11-/m1/s1. The van der Waals surface area contributed by atoms with Gasteiger partial charge < -0.3 is 10.2 Å². The highest BCUT2D eigenvalue weighted by Gasteiger charge is 2.35. The predicted molar refractivity (Wildman–Crippen MR) is 107 cm³/mol. The normalized spacial score (nSPS) is 17.0. The van der Waals surface area contributed by atoms with Gasteiger partial charge in [0.1, 0.15) is 0 Å². The number of hydrogen-bond acceptors (Lipinski definition) is 2. The van der Waals surface area contributed by atoms with Crippen LogP contribution in [0.2, 0.25) is 5.02 Å². The first-order valence-electron chi connectivity index (χ1n) is 7.67. The third-order valence-electron chi connectivity index (χ3n) is 4.16. The number of halogens is 3. The van der Waals surface area contributed by atoms with Crippen molar-refractivity contribution < 1.29 is 9.59 Å². The molecule has 7 heteroatoms. The van der Waals surface area contributed by atoms with E-state index in [2.05, 4.69) is 37.2 Å². The van der Waals surface area contributed by atoms with Crippen molar-refractivity contribution >= 4 is 66.6 Å². The number of amides is 2. The molecule has 1 aliphatic heterocycles. The number of carbonyl (C=O) groups excluding carboxylic acids is 2. The lowest BCUT2D eigenvalue weighted by Crippen LogP contribution is -2.28. The van der Waals surface area contributed by atoms with Gasteiger partial charge in [-0.25, -0.2) is 0 Å². The van der Waals surface area contributed by atoms with Crippen molar-refractivity contribution in [2.24, 2.45) is 5.92 Å². The average molecular weight is 487 g/mol. The summed E-state index contributed by atoms with van der Waals surface area (Å²) in [5.41, 5.74) is 2.36. The zero-order chi connectivity index (χ0) is 18.1. The summed E-state index contributed by atoms with van der Waals surface area (Å²) in [5, 5.41) is 3.42. The number of aryl methyl sites for hydroxylation is 1. The summed E-state index contributed by atoms with van der Waals surface area (Å²) in [6.07, 6.45) is 0.200. The van der Waals surface area contributed by atoms with E-state index in [-0.39, 0.29) is 18.2 Å². The van der Waals surface area contributed by atoms with E-state index < -0.39 is 5.92 Å². The zero-order valence-corrected chi connectivity index (χ0v) is 17.3. The van der Waals surface area contributed by atoms with E-state index in [1.807, 2.05) is 37.3 Å². The Morgan fingerprint density at radius 1 is 1.24 bits per heavy atom. The summed E-state index contributed by atoms with van der Waals surface area (Å²) < 4.78 is 1.72. The Bertz CT molecular complexity index is 840. The Kier molecular flexibility index (Phi) is 5.51. The molecule has 1 saturated heterocycles. The first kappa shape index (κ1) is 18.4. The summed E-state index contributed by atoms with van der Waals surface area (Å²) in [6.45, 7) is 2.26. The number of nitrogens with one attached hydrogen (secondary N) is 1. The minimum atomic E-state index is -0.391. The monoisotopic (exact) mass is 484 g/mol. The van der Waals surface area contributed by atoms with Gasteiger partial charge in [0.2, 0.25) is 11.8 Å². The molecule has 25 heavy (non-hydrogen) atoms. The fourth-order valence-corrected chi connectivity index (χ4v) is 3.66. The third kappa shape index (κ3) is 4.07. The second-order valence-corrected chi connectivity index (χ2v) is 8.13. The minimum absolute atomic E-state index is 0.0481. The maximum Gasteiger partial charge on any atom is 0.229 e. The number of hydrogen-bond donors (Lipinski definition) is 1. The van der Waals surface area contributed by atoms with Crippen molar-refractivity contribution in [3.63, 3.8) is 0 Å². The van der Waals surface area contributed by atoms with Crippen molar-refractivity contribution in [3.8, 4) is 0 Å². The number of benzene rings is 2. The molecule has 0 bridgehead atoms. The molecule has 0 aliphatic carbocycles. The van der Waals surface area contributed by atoms with Crippen LogP contribution in [-0.4, -0.2) is 18.4 Å². The molecule has 130 valence electrons. The van der Waals surface area contributed by atoms with Gasteiger partial charge >= 0.3 is 0 Å². The van der Waals surface area contributed by atoms with Gasteiger partial charge in [-0.15, -0.1) is 0 Å². The van der Waals surface area contributed by atoms with Crippen LogP contribution in [0.3, 0.4) is 0 Å². The molecule has 1 aliphatic rings. The van der Waals surface area contributed by atoms with E-state index in [9.17, 15) is 9.59 Å². The topological polar surface area (TPSA) is 49.4 Å². The van der Waals surface area contributed by atoms with Crippen molar-refractivity contribution in [3.05, 3.63) is 55.9 Å². The molecular weight excluding hydrogens is 471 g/mol. The lowest BCUT2D eigenvalue weighted by atomic mass is 10.1. The first-order chi connectivity index (χ1) is 11.8. The highest BCUT2D eigenvalue weighted by Crippen LogP contribution is 2.31. The second-order valence-electron chi connectivity index (χ2n) is 5.95. The Morgan fingerprint density at radius 3 is 2.60 bits per heavy atom. The maximum absolute atomic E-state index is 12.6. The zero-order valence-electron chi connectivity index (χ0n) is 13.4. The summed E-state index contributed by atoms with van der Waals surface area (Å²) in [7, 11) is 0. The molecule has 0 aromatic heterocycles. The lowest BCUT2D eigenvalue weighted by molar-refractivity contribution is -0.122. The summed E-state index contributed by atoms with van der Waals surface area (Å²) in [4.78, 5) is 26.5. The number of nitrogens with zero attached hydrogens (tertiary/aromatic N) is 1. The van der Waals surface area contributed by atoms with E-state index in [1.54, 1.807) is 11.0 Å². The summed E-state index contributed by atoms with van der Waals surface area (Å²) in [6, 6.07) is 11.0. The van der Waals surface area contributed by atoms with Gasteiger partial charge in [0.15, 0.2) is 0 Å². The quantitative estimate of drug-likeness (QED) is 0.651. The van der Waals surface area contributed by atoms with Crippen LogP contribution in [0.1, 0.15) is 12.0 Å². The van der Waals surface area contributed by atoms with Crippen LogP contribution in [0.25, 0.3) is 0 Å². The first-order valence-corrected chi connectivity index (χ1v) is 9.64. The second kappa shape index (κ2) is 7.48. The largest absolute Gasteiger partial charge is 0.325 e. The molecule has 0 saturated carbocycles. The van der Waals surface area contributed by atoms with Gasteiger partial charge in [-0.3, -0.25) is 9.59 Å². The molecule has 1 atom stereocenters. The van der Waals surface area contributed by atoms with Gasteiger partial charge in [0, 0.05) is 33.3 Å². The molecule has 1 fully saturated rings. The van der Waals surface area contributed by atoms with Gasteiger partial charge in [0.05, 0.1) is 10.9 Å². The molecule has 0 spiro atoms. The van der Waals surface area contributed by atoms with Crippen molar-refractivity contribution in [1.82, 2.24) is 0 Å². The minimum Gasteiger partial charge on any atom is -0.325 e. The van der Waals surface area contributed by atoms with E-state index in [0.29, 0.717) is 17.3 Å². The Hall–Kier alpha value is -1.37. The van der Waals surface area contributed by atoms with Crippen LogP contribution < -0.4 is 10.2 Å². The Morgan fingerprint density at radius 2 is 1.92 bits per heavy atom. The van der Waals surface area contributed by atoms with Gasteiger partial charge in [-0.2, -0.15) is 0 Å². The van der Waals surface area contributed by atoms with Crippen LogP contribution in [0, 0.1) is 12.8 Å². The number of anilines is 2. The number of carbonyl (C=O) groups is 2. The summed E-state index contributed by atoms with van der Waals surface area (Å²) >= 11 is 12.8. The molecule has 0 radical (unpaired) electrons. The van der Waals surface area contributed by atoms with E-state index in [4.69, 9.17) is 11.6 Å². The van der Waals surface area contributed by atoms with Crippen LogP contribution in [-0.2, 0) is 9.59 Å². The highest BCUT2D eigenvalue weighted by atomic mass is 79.9. The smallest absolute Gasteiger partial charge is 0.229 e. The van der Waals surface area contributed by atoms with Crippen molar-refractivity contribution in [2.45, 2.75) is 13.3 Å². The number of rotatable bonds is 3. The lowest BCUT2D eigenvalue weighted by Gasteiger charge is -2.17. The fourth-order valence-electron chi connectivity index (χ4n) is 2.77. The van der Waals surface area contributed by atoms with Gasteiger partial charge in [-0.1, -0.05) is 27.5 Å². The SMILES string of the molecule is Cc1cc(Br)c(Cl)cc1NC(=O)[C@@H]1CC(=O)N(c2ccc(Br)cc2)C1. The molecule has 2 aromatic rings. The molecule has 3 rings (SSSR count). The van der Waals surface area contributed by atoms with E-state index in [1.165, 1.54) is 0 Å².